The van der Waals surface area contributed by atoms with Crippen LogP contribution in [0.1, 0.15) is 12.8 Å². The Labute approximate surface area is 139 Å². The Morgan fingerprint density at radius 2 is 1.48 bits per heavy atom. The zero-order valence-electron chi connectivity index (χ0n) is 13.1. The summed E-state index contributed by atoms with van der Waals surface area (Å²) in [6, 6.07) is 0. The number of amides is 1. The fraction of sp³-hybridized carbons (Fsp3) is 0.833. The lowest BCUT2D eigenvalue weighted by Gasteiger charge is -2.36. The molecular weight excluding hydrogens is 384 g/mol. The van der Waals surface area contributed by atoms with Crippen molar-refractivity contribution >= 4 is 21.7 Å². The first-order chi connectivity index (χ1) is 11.1. The second-order valence-electron chi connectivity index (χ2n) is 5.53. The highest BCUT2D eigenvalue weighted by atomic mass is 32.2. The molecule has 0 unspecified atom stereocenters. The Hall–Kier alpha value is -1.53. The van der Waals surface area contributed by atoms with Gasteiger partial charge in [-0.05, 0) is 12.8 Å². The molecule has 0 aromatic rings. The normalized spacial score (nSPS) is 18.2. The molecular formula is C12H15F6NO5S. The Morgan fingerprint density at radius 1 is 1.04 bits per heavy atom. The number of esters is 1. The van der Waals surface area contributed by atoms with Crippen LogP contribution in [0.25, 0.3) is 0 Å². The molecule has 1 fully saturated rings. The number of rotatable bonds is 5. The summed E-state index contributed by atoms with van der Waals surface area (Å²) < 4.78 is 107. The Kier molecular flexibility index (Phi) is 5.72. The molecule has 1 saturated heterocycles. The topological polar surface area (TPSA) is 80.8 Å². The molecule has 0 aliphatic carbocycles. The van der Waals surface area contributed by atoms with Gasteiger partial charge in [-0.1, -0.05) is 0 Å². The average molecular weight is 399 g/mol. The molecule has 1 rings (SSSR count). The molecule has 146 valence electrons. The second kappa shape index (κ2) is 6.65. The van der Waals surface area contributed by atoms with Gasteiger partial charge >= 0.3 is 23.1 Å². The van der Waals surface area contributed by atoms with E-state index in [0.717, 1.165) is 7.11 Å². The van der Waals surface area contributed by atoms with Gasteiger partial charge in [-0.15, -0.1) is 0 Å². The van der Waals surface area contributed by atoms with E-state index in [0.29, 0.717) is 0 Å². The van der Waals surface area contributed by atoms with Gasteiger partial charge in [-0.2, -0.15) is 26.3 Å². The number of halogens is 6. The van der Waals surface area contributed by atoms with Crippen LogP contribution in [-0.2, 0) is 24.2 Å². The van der Waals surface area contributed by atoms with Gasteiger partial charge in [0.1, 0.15) is 0 Å². The van der Waals surface area contributed by atoms with Crippen LogP contribution in [0.4, 0.5) is 26.3 Å². The standard InChI is InChI=1S/C12H15F6NO5S/c1-24-8(20)7-3-5-19(6-4-7)9(21)10(13,14)11(15,16)12(17,18)25(2,22)23/h7H,3-6H2,1-2H3. The van der Waals surface area contributed by atoms with Crippen molar-refractivity contribution in [3.63, 3.8) is 0 Å². The molecule has 1 heterocycles. The molecule has 0 atom stereocenters. The Morgan fingerprint density at radius 3 is 1.84 bits per heavy atom. The van der Waals surface area contributed by atoms with Crippen LogP contribution in [-0.4, -0.2) is 68.7 Å². The average Bonchev–Trinajstić information content (AvgIpc) is 2.52. The molecule has 0 saturated carbocycles. The minimum atomic E-state index is -6.45. The van der Waals surface area contributed by atoms with E-state index in [9.17, 15) is 44.3 Å². The first-order valence-corrected chi connectivity index (χ1v) is 8.70. The van der Waals surface area contributed by atoms with Crippen LogP contribution in [0.15, 0.2) is 0 Å². The van der Waals surface area contributed by atoms with Crippen LogP contribution < -0.4 is 0 Å². The first-order valence-electron chi connectivity index (χ1n) is 6.81. The number of carbonyl (C=O) groups is 2. The molecule has 1 aliphatic rings. The number of nitrogens with zero attached hydrogens (tertiary/aromatic N) is 1. The third kappa shape index (κ3) is 3.55. The van der Waals surface area contributed by atoms with Crippen molar-refractivity contribution in [2.75, 3.05) is 26.5 Å². The van der Waals surface area contributed by atoms with Crippen LogP contribution in [0.5, 0.6) is 0 Å². The van der Waals surface area contributed by atoms with E-state index in [1.165, 1.54) is 0 Å². The predicted molar refractivity (Wildman–Crippen MR) is 71.0 cm³/mol. The monoisotopic (exact) mass is 399 g/mol. The summed E-state index contributed by atoms with van der Waals surface area (Å²) in [5.41, 5.74) is 0. The maximum Gasteiger partial charge on any atom is 0.413 e. The van der Waals surface area contributed by atoms with E-state index in [4.69, 9.17) is 0 Å². The number of sulfone groups is 1. The lowest BCUT2D eigenvalue weighted by Crippen LogP contribution is -2.64. The van der Waals surface area contributed by atoms with Crippen molar-refractivity contribution in [3.8, 4) is 0 Å². The quantitative estimate of drug-likeness (QED) is 0.514. The van der Waals surface area contributed by atoms with Gasteiger partial charge in [0.25, 0.3) is 5.91 Å². The lowest BCUT2D eigenvalue weighted by atomic mass is 9.96. The van der Waals surface area contributed by atoms with E-state index in [1.807, 2.05) is 0 Å². The molecule has 0 aromatic carbocycles. The minimum Gasteiger partial charge on any atom is -0.469 e. The number of alkyl halides is 6. The maximum absolute atomic E-state index is 13.8. The summed E-state index contributed by atoms with van der Waals surface area (Å²) >= 11 is 0. The number of hydrogen-bond acceptors (Lipinski definition) is 5. The van der Waals surface area contributed by atoms with Crippen molar-refractivity contribution in [2.45, 2.75) is 29.9 Å². The third-order valence-electron chi connectivity index (χ3n) is 3.81. The van der Waals surface area contributed by atoms with Crippen molar-refractivity contribution < 1.29 is 49.1 Å². The smallest absolute Gasteiger partial charge is 0.413 e. The molecule has 0 spiro atoms. The van der Waals surface area contributed by atoms with Crippen LogP contribution in [0, 0.1) is 5.92 Å². The molecule has 13 heteroatoms. The number of likely N-dealkylation sites (tertiary alicyclic amines) is 1. The molecule has 0 bridgehead atoms. The zero-order chi connectivity index (χ0) is 19.8. The van der Waals surface area contributed by atoms with Crippen LogP contribution >= 0.6 is 0 Å². The highest BCUT2D eigenvalue weighted by Crippen LogP contribution is 2.49. The van der Waals surface area contributed by atoms with Gasteiger partial charge in [0.2, 0.25) is 9.84 Å². The van der Waals surface area contributed by atoms with Gasteiger partial charge in [0.15, 0.2) is 0 Å². The predicted octanol–water partition coefficient (Wildman–Crippen LogP) is 1.31. The summed E-state index contributed by atoms with van der Waals surface area (Å²) in [7, 11) is -4.85. The van der Waals surface area contributed by atoms with E-state index >= 15 is 0 Å². The molecule has 1 aliphatic heterocycles. The van der Waals surface area contributed by atoms with Crippen molar-refractivity contribution in [2.24, 2.45) is 5.92 Å². The van der Waals surface area contributed by atoms with Gasteiger partial charge in [-0.25, -0.2) is 8.42 Å². The van der Waals surface area contributed by atoms with Gasteiger partial charge < -0.3 is 9.64 Å². The Balaban J connectivity index is 3.03. The minimum absolute atomic E-state index is 0.186. The molecule has 6 nitrogen and oxygen atoms in total. The number of piperidine rings is 1. The molecule has 0 radical (unpaired) electrons. The number of ether oxygens (including phenoxy) is 1. The molecule has 1 amide bonds. The summed E-state index contributed by atoms with van der Waals surface area (Å²) in [4.78, 5) is 23.1. The lowest BCUT2D eigenvalue weighted by molar-refractivity contribution is -0.273. The summed E-state index contributed by atoms with van der Waals surface area (Å²) in [6.45, 7) is -1.15. The Bertz CT molecular complexity index is 642. The summed E-state index contributed by atoms with van der Waals surface area (Å²) in [5.74, 6) is -16.5. The molecule has 25 heavy (non-hydrogen) atoms. The molecule has 0 aromatic heterocycles. The van der Waals surface area contributed by atoms with E-state index < -0.39 is 57.8 Å². The van der Waals surface area contributed by atoms with E-state index in [1.54, 1.807) is 0 Å². The largest absolute Gasteiger partial charge is 0.469 e. The van der Waals surface area contributed by atoms with Gasteiger partial charge in [0.05, 0.1) is 13.0 Å². The summed E-state index contributed by atoms with van der Waals surface area (Å²) in [5, 5.41) is -6.15. The maximum atomic E-state index is 13.8. The van der Waals surface area contributed by atoms with Gasteiger partial charge in [0, 0.05) is 19.3 Å². The molecule has 0 N–H and O–H groups in total. The van der Waals surface area contributed by atoms with E-state index in [2.05, 4.69) is 4.74 Å². The van der Waals surface area contributed by atoms with Crippen molar-refractivity contribution in [1.29, 1.82) is 0 Å². The number of hydrogen-bond donors (Lipinski definition) is 0. The second-order valence-corrected chi connectivity index (χ2v) is 7.58. The van der Waals surface area contributed by atoms with Crippen LogP contribution in [0.3, 0.4) is 0 Å². The fourth-order valence-electron chi connectivity index (χ4n) is 2.23. The zero-order valence-corrected chi connectivity index (χ0v) is 13.9. The van der Waals surface area contributed by atoms with Crippen LogP contribution in [0.2, 0.25) is 0 Å². The number of carbonyl (C=O) groups excluding carboxylic acids is 2. The highest BCUT2D eigenvalue weighted by Gasteiger charge is 2.79. The SMILES string of the molecule is COC(=O)C1CCN(C(=O)C(F)(F)C(F)(F)C(F)(F)S(C)(=O)=O)CC1. The summed E-state index contributed by atoms with van der Waals surface area (Å²) in [6.07, 6.45) is -0.728. The van der Waals surface area contributed by atoms with E-state index in [-0.39, 0.29) is 24.0 Å². The third-order valence-corrected chi connectivity index (χ3v) is 5.00. The van der Waals surface area contributed by atoms with Crippen molar-refractivity contribution in [3.05, 3.63) is 0 Å². The van der Waals surface area contributed by atoms with Crippen molar-refractivity contribution in [1.82, 2.24) is 4.90 Å². The highest BCUT2D eigenvalue weighted by molar-refractivity contribution is 7.91. The fourth-order valence-corrected chi connectivity index (χ4v) is 2.83. The first kappa shape index (κ1) is 21.5. The van der Waals surface area contributed by atoms with Gasteiger partial charge in [-0.3, -0.25) is 9.59 Å². The number of methoxy groups -OCH3 is 1.